The number of carbonyl (C=O) groups is 1. The summed E-state index contributed by atoms with van der Waals surface area (Å²) >= 11 is 0. The Balaban J connectivity index is 2.05. The fraction of sp³-hybridized carbons (Fsp3) is 0.800. The van der Waals surface area contributed by atoms with Crippen LogP contribution in [0.3, 0.4) is 0 Å². The molecule has 2 N–H and O–H groups in total. The third kappa shape index (κ3) is 1.19. The van der Waals surface area contributed by atoms with Crippen LogP contribution in [-0.4, -0.2) is 29.2 Å². The average molecular weight is 250 g/mol. The molecule has 0 amide bonds. The van der Waals surface area contributed by atoms with Gasteiger partial charge < -0.3 is 10.2 Å². The van der Waals surface area contributed by atoms with Gasteiger partial charge in [-0.3, -0.25) is 4.79 Å². The van der Waals surface area contributed by atoms with Gasteiger partial charge in [0, 0.05) is 11.8 Å². The molecule has 4 atom stereocenters. The van der Waals surface area contributed by atoms with E-state index in [1.165, 1.54) is 0 Å². The summed E-state index contributed by atoms with van der Waals surface area (Å²) in [6.45, 7) is 6.32. The van der Waals surface area contributed by atoms with Crippen LogP contribution in [-0.2, 0) is 4.79 Å². The van der Waals surface area contributed by atoms with Gasteiger partial charge in [0.1, 0.15) is 0 Å². The molecule has 0 aromatic carbocycles. The van der Waals surface area contributed by atoms with Gasteiger partial charge in [-0.2, -0.15) is 0 Å². The SMILES string of the molecule is C=C1C(=O)C[C@@H]2[C@H]3[C@H]1[C@@]2(C)CCCC3(CO)CO. The quantitative estimate of drug-likeness (QED) is 0.731. The molecular weight excluding hydrogens is 228 g/mol. The number of carbonyl (C=O) groups excluding carboxylic acids is 1. The maximum atomic E-state index is 11.9. The Morgan fingerprint density at radius 2 is 2.00 bits per heavy atom. The summed E-state index contributed by atoms with van der Waals surface area (Å²) in [5, 5.41) is 19.6. The zero-order valence-corrected chi connectivity index (χ0v) is 11.0. The van der Waals surface area contributed by atoms with Crippen molar-refractivity contribution in [2.75, 3.05) is 13.2 Å². The van der Waals surface area contributed by atoms with Crippen molar-refractivity contribution in [1.29, 1.82) is 0 Å². The molecule has 3 heteroatoms. The minimum absolute atomic E-state index is 0.0265. The van der Waals surface area contributed by atoms with E-state index in [2.05, 4.69) is 13.5 Å². The predicted octanol–water partition coefficient (Wildman–Crippen LogP) is 1.54. The summed E-state index contributed by atoms with van der Waals surface area (Å²) in [4.78, 5) is 11.9. The third-order valence-corrected chi connectivity index (χ3v) is 6.22. The first-order chi connectivity index (χ1) is 8.50. The fourth-order valence-corrected chi connectivity index (χ4v) is 5.17. The lowest BCUT2D eigenvalue weighted by Crippen LogP contribution is -2.65. The molecule has 0 aromatic rings. The van der Waals surface area contributed by atoms with E-state index < -0.39 is 5.41 Å². The zero-order chi connectivity index (χ0) is 13.1. The Kier molecular flexibility index (Phi) is 2.52. The number of ketones is 1. The topological polar surface area (TPSA) is 57.5 Å². The van der Waals surface area contributed by atoms with E-state index in [1.807, 2.05) is 0 Å². The standard InChI is InChI=1S/C15H22O3/c1-9-11(18)6-10-13-12(9)14(10,2)4-3-5-15(13,7-16)8-17/h10,12-13,16-17H,1,3-8H2,2H3/t10-,12+,13+,14+/m1/s1. The van der Waals surface area contributed by atoms with Gasteiger partial charge in [-0.05, 0) is 41.6 Å². The summed E-state index contributed by atoms with van der Waals surface area (Å²) in [7, 11) is 0. The summed E-state index contributed by atoms with van der Waals surface area (Å²) < 4.78 is 0. The number of aliphatic hydroxyl groups is 2. The summed E-state index contributed by atoms with van der Waals surface area (Å²) in [5.41, 5.74) is 0.537. The predicted molar refractivity (Wildman–Crippen MR) is 67.8 cm³/mol. The van der Waals surface area contributed by atoms with Gasteiger partial charge in [0.2, 0.25) is 0 Å². The second kappa shape index (κ2) is 3.67. The van der Waals surface area contributed by atoms with Crippen LogP contribution in [0.1, 0.15) is 32.6 Å². The van der Waals surface area contributed by atoms with Crippen LogP contribution in [0.25, 0.3) is 0 Å². The number of fused-ring (bicyclic) bond motifs is 2. The van der Waals surface area contributed by atoms with Crippen LogP contribution in [0, 0.1) is 28.6 Å². The molecule has 18 heavy (non-hydrogen) atoms. The summed E-state index contributed by atoms with van der Waals surface area (Å²) in [6, 6.07) is 0. The Labute approximate surface area is 108 Å². The molecule has 4 bridgehead atoms. The number of hydrogen-bond acceptors (Lipinski definition) is 3. The van der Waals surface area contributed by atoms with Gasteiger partial charge in [-0.1, -0.05) is 19.9 Å². The van der Waals surface area contributed by atoms with Gasteiger partial charge >= 0.3 is 0 Å². The van der Waals surface area contributed by atoms with Crippen molar-refractivity contribution < 1.29 is 15.0 Å². The Bertz CT molecular complexity index is 410. The van der Waals surface area contributed by atoms with Crippen LogP contribution < -0.4 is 0 Å². The van der Waals surface area contributed by atoms with E-state index in [1.54, 1.807) is 0 Å². The molecule has 0 unspecified atom stereocenters. The lowest BCUT2D eigenvalue weighted by molar-refractivity contribution is -0.185. The second-order valence-electron chi connectivity index (χ2n) is 6.80. The molecular formula is C15H22O3. The number of rotatable bonds is 2. The molecule has 0 heterocycles. The lowest BCUT2D eigenvalue weighted by Gasteiger charge is -2.66. The fourth-order valence-electron chi connectivity index (χ4n) is 5.17. The lowest BCUT2D eigenvalue weighted by atomic mass is 9.37. The van der Waals surface area contributed by atoms with E-state index in [9.17, 15) is 15.0 Å². The van der Waals surface area contributed by atoms with Crippen LogP contribution >= 0.6 is 0 Å². The first-order valence-corrected chi connectivity index (χ1v) is 6.94. The van der Waals surface area contributed by atoms with Gasteiger partial charge in [-0.15, -0.1) is 0 Å². The van der Waals surface area contributed by atoms with Crippen molar-refractivity contribution in [3.8, 4) is 0 Å². The first-order valence-electron chi connectivity index (χ1n) is 6.94. The van der Waals surface area contributed by atoms with Crippen molar-refractivity contribution in [2.24, 2.45) is 28.6 Å². The van der Waals surface area contributed by atoms with Crippen LogP contribution in [0.4, 0.5) is 0 Å². The highest BCUT2D eigenvalue weighted by Crippen LogP contribution is 2.72. The van der Waals surface area contributed by atoms with Crippen molar-refractivity contribution in [1.82, 2.24) is 0 Å². The minimum Gasteiger partial charge on any atom is -0.396 e. The molecule has 4 fully saturated rings. The Morgan fingerprint density at radius 3 is 2.56 bits per heavy atom. The normalized spacial score (nSPS) is 45.4. The Hall–Kier alpha value is -0.670. The smallest absolute Gasteiger partial charge is 0.158 e. The van der Waals surface area contributed by atoms with E-state index in [4.69, 9.17) is 0 Å². The Morgan fingerprint density at radius 1 is 1.33 bits per heavy atom. The van der Waals surface area contributed by atoms with Gasteiger partial charge in [-0.25, -0.2) is 0 Å². The van der Waals surface area contributed by atoms with Crippen molar-refractivity contribution in [3.05, 3.63) is 12.2 Å². The average Bonchev–Trinajstić information content (AvgIpc) is 2.57. The number of Topliss-reactive ketones (excluding diaryl/α,β-unsaturated/α-hetero) is 1. The molecule has 3 nitrogen and oxygen atoms in total. The third-order valence-electron chi connectivity index (χ3n) is 6.22. The second-order valence-corrected chi connectivity index (χ2v) is 6.80. The summed E-state index contributed by atoms with van der Waals surface area (Å²) in [5.74, 6) is 0.975. The molecule has 4 aliphatic rings. The molecule has 0 spiro atoms. The van der Waals surface area contributed by atoms with Crippen LogP contribution in [0.5, 0.6) is 0 Å². The summed E-state index contributed by atoms with van der Waals surface area (Å²) in [6.07, 6.45) is 3.56. The van der Waals surface area contributed by atoms with Gasteiger partial charge in [0.05, 0.1) is 13.2 Å². The zero-order valence-electron chi connectivity index (χ0n) is 11.0. The molecule has 0 aromatic heterocycles. The number of aliphatic hydroxyl groups excluding tert-OH is 2. The molecule has 4 rings (SSSR count). The van der Waals surface area contributed by atoms with Gasteiger partial charge in [0.15, 0.2) is 5.78 Å². The van der Waals surface area contributed by atoms with Gasteiger partial charge in [0.25, 0.3) is 0 Å². The van der Waals surface area contributed by atoms with E-state index in [0.717, 1.165) is 24.8 Å². The molecule has 4 aliphatic carbocycles. The van der Waals surface area contributed by atoms with E-state index in [0.29, 0.717) is 12.3 Å². The highest BCUT2D eigenvalue weighted by atomic mass is 16.3. The highest BCUT2D eigenvalue weighted by Gasteiger charge is 2.69. The maximum Gasteiger partial charge on any atom is 0.158 e. The van der Waals surface area contributed by atoms with Crippen molar-refractivity contribution in [2.45, 2.75) is 32.6 Å². The van der Waals surface area contributed by atoms with E-state index >= 15 is 0 Å². The monoisotopic (exact) mass is 250 g/mol. The van der Waals surface area contributed by atoms with Crippen molar-refractivity contribution in [3.63, 3.8) is 0 Å². The molecule has 100 valence electrons. The van der Waals surface area contributed by atoms with Crippen LogP contribution in [0.2, 0.25) is 0 Å². The number of hydrogen-bond donors (Lipinski definition) is 2. The molecule has 0 radical (unpaired) electrons. The molecule has 0 aliphatic heterocycles. The minimum atomic E-state index is -0.394. The van der Waals surface area contributed by atoms with Crippen molar-refractivity contribution >= 4 is 5.78 Å². The highest BCUT2D eigenvalue weighted by molar-refractivity contribution is 5.98. The number of allylic oxidation sites excluding steroid dienone is 1. The first kappa shape index (κ1) is 12.4. The molecule has 0 saturated heterocycles. The maximum absolute atomic E-state index is 11.9. The largest absolute Gasteiger partial charge is 0.396 e. The van der Waals surface area contributed by atoms with E-state index in [-0.39, 0.29) is 36.2 Å². The van der Waals surface area contributed by atoms with Crippen LogP contribution in [0.15, 0.2) is 12.2 Å². The molecule has 4 saturated carbocycles.